The molecule has 2 heterocycles. The number of imidazole rings is 1. The van der Waals surface area contributed by atoms with Crippen molar-refractivity contribution in [2.45, 2.75) is 0 Å². The molecule has 0 atom stereocenters. The minimum atomic E-state index is -0.00241. The van der Waals surface area contributed by atoms with Crippen LogP contribution in [0.5, 0.6) is 6.01 Å². The van der Waals surface area contributed by atoms with Crippen LogP contribution in [0.4, 0.5) is 0 Å². The fraction of sp³-hybridized carbons (Fsp3) is 0. The van der Waals surface area contributed by atoms with Crippen molar-refractivity contribution in [2.24, 2.45) is 0 Å². The van der Waals surface area contributed by atoms with Crippen LogP contribution in [-0.4, -0.2) is 19.5 Å². The van der Waals surface area contributed by atoms with Crippen LogP contribution in [0.2, 0.25) is 0 Å². The third kappa shape index (κ3) is 0.556. The molecule has 0 radical (unpaired) electrons. The van der Waals surface area contributed by atoms with E-state index in [1.54, 1.807) is 29.2 Å². The van der Waals surface area contributed by atoms with E-state index in [0.29, 0.717) is 0 Å². The molecule has 50 valence electrons. The van der Waals surface area contributed by atoms with Gasteiger partial charge in [-0.3, -0.25) is 9.38 Å². The van der Waals surface area contributed by atoms with Crippen molar-refractivity contribution < 1.29 is 5.11 Å². The van der Waals surface area contributed by atoms with Gasteiger partial charge in [0.15, 0.2) is 0 Å². The topological polar surface area (TPSA) is 50.4 Å². The lowest BCUT2D eigenvalue weighted by Crippen LogP contribution is -1.82. The van der Waals surface area contributed by atoms with Gasteiger partial charge >= 0.3 is 0 Å². The van der Waals surface area contributed by atoms with Crippen LogP contribution in [0.15, 0.2) is 24.8 Å². The standard InChI is InChI=1S/C6H5N3O/c10-6-8-4-5-3-7-1-2-9(5)6/h1-4H,(H,8,10). The normalized spacial score (nSPS) is 10.4. The van der Waals surface area contributed by atoms with Gasteiger partial charge in [-0.25, -0.2) is 4.98 Å². The van der Waals surface area contributed by atoms with Crippen molar-refractivity contribution in [1.29, 1.82) is 0 Å². The van der Waals surface area contributed by atoms with E-state index in [2.05, 4.69) is 9.97 Å². The summed E-state index contributed by atoms with van der Waals surface area (Å²) in [5, 5.41) is 9.04. The van der Waals surface area contributed by atoms with Gasteiger partial charge in [-0.1, -0.05) is 0 Å². The van der Waals surface area contributed by atoms with E-state index in [9.17, 15) is 0 Å². The van der Waals surface area contributed by atoms with Gasteiger partial charge in [0.05, 0.1) is 17.9 Å². The highest BCUT2D eigenvalue weighted by atomic mass is 16.3. The molecule has 0 bridgehead atoms. The number of rotatable bonds is 0. The number of fused-ring (bicyclic) bond motifs is 1. The van der Waals surface area contributed by atoms with Crippen molar-refractivity contribution in [3.8, 4) is 6.01 Å². The van der Waals surface area contributed by atoms with E-state index in [0.717, 1.165) is 5.52 Å². The van der Waals surface area contributed by atoms with Crippen LogP contribution >= 0.6 is 0 Å². The second-order valence-electron chi connectivity index (χ2n) is 1.93. The first kappa shape index (κ1) is 5.22. The van der Waals surface area contributed by atoms with Crippen molar-refractivity contribution in [3.05, 3.63) is 24.8 Å². The van der Waals surface area contributed by atoms with E-state index in [4.69, 9.17) is 5.11 Å². The van der Waals surface area contributed by atoms with Gasteiger partial charge in [-0.05, 0) is 0 Å². The first-order chi connectivity index (χ1) is 4.88. The molecule has 0 aliphatic rings. The summed E-state index contributed by atoms with van der Waals surface area (Å²) in [6.07, 6.45) is 6.43. The molecule has 10 heavy (non-hydrogen) atoms. The second kappa shape index (κ2) is 1.70. The van der Waals surface area contributed by atoms with Gasteiger partial charge in [-0.2, -0.15) is 0 Å². The number of nitrogens with zero attached hydrogens (tertiary/aromatic N) is 3. The molecule has 2 rings (SSSR count). The maximum atomic E-state index is 9.04. The molecule has 0 unspecified atom stereocenters. The van der Waals surface area contributed by atoms with E-state index in [1.807, 2.05) is 0 Å². The Kier molecular flexibility index (Phi) is 0.887. The van der Waals surface area contributed by atoms with Crippen LogP contribution in [0, 0.1) is 0 Å². The summed E-state index contributed by atoms with van der Waals surface area (Å²) in [5.41, 5.74) is 0.792. The Balaban J connectivity index is 2.93. The first-order valence-corrected chi connectivity index (χ1v) is 2.84. The lowest BCUT2D eigenvalue weighted by molar-refractivity contribution is 0.428. The van der Waals surface area contributed by atoms with E-state index in [1.165, 1.54) is 0 Å². The van der Waals surface area contributed by atoms with Gasteiger partial charge in [0, 0.05) is 12.4 Å². The van der Waals surface area contributed by atoms with Crippen molar-refractivity contribution in [3.63, 3.8) is 0 Å². The summed E-state index contributed by atoms with van der Waals surface area (Å²) in [4.78, 5) is 7.53. The van der Waals surface area contributed by atoms with Gasteiger partial charge < -0.3 is 5.11 Å². The van der Waals surface area contributed by atoms with Crippen LogP contribution < -0.4 is 0 Å². The van der Waals surface area contributed by atoms with Gasteiger partial charge in [0.1, 0.15) is 0 Å². The number of aromatic nitrogens is 3. The smallest absolute Gasteiger partial charge is 0.298 e. The summed E-state index contributed by atoms with van der Waals surface area (Å²) < 4.78 is 1.55. The van der Waals surface area contributed by atoms with Gasteiger partial charge in [-0.15, -0.1) is 0 Å². The van der Waals surface area contributed by atoms with Crippen LogP contribution in [0.1, 0.15) is 0 Å². The van der Waals surface area contributed by atoms with Gasteiger partial charge in [0.2, 0.25) is 0 Å². The maximum Gasteiger partial charge on any atom is 0.298 e. The number of hydrogen-bond acceptors (Lipinski definition) is 3. The fourth-order valence-corrected chi connectivity index (χ4v) is 0.837. The lowest BCUT2D eigenvalue weighted by atomic mass is 10.6. The average molecular weight is 135 g/mol. The Morgan fingerprint density at radius 2 is 2.30 bits per heavy atom. The first-order valence-electron chi connectivity index (χ1n) is 2.84. The maximum absolute atomic E-state index is 9.04. The Labute approximate surface area is 56.8 Å². The van der Waals surface area contributed by atoms with Crippen LogP contribution in [-0.2, 0) is 0 Å². The highest BCUT2D eigenvalue weighted by molar-refractivity contribution is 5.43. The van der Waals surface area contributed by atoms with Gasteiger partial charge in [0.25, 0.3) is 6.01 Å². The monoisotopic (exact) mass is 135 g/mol. The molecule has 0 aliphatic carbocycles. The third-order valence-corrected chi connectivity index (χ3v) is 1.31. The molecule has 0 saturated carbocycles. The Hall–Kier alpha value is -1.58. The molecule has 0 spiro atoms. The summed E-state index contributed by atoms with van der Waals surface area (Å²) in [5.74, 6) is 0. The zero-order valence-electron chi connectivity index (χ0n) is 5.10. The SMILES string of the molecule is Oc1ncc2cnccn12. The second-order valence-corrected chi connectivity index (χ2v) is 1.93. The predicted molar refractivity (Wildman–Crippen MR) is 34.7 cm³/mol. The Morgan fingerprint density at radius 3 is 3.10 bits per heavy atom. The molecule has 1 N–H and O–H groups in total. The fourth-order valence-electron chi connectivity index (χ4n) is 0.837. The number of aromatic hydroxyl groups is 1. The zero-order valence-corrected chi connectivity index (χ0v) is 5.10. The highest BCUT2D eigenvalue weighted by Gasteiger charge is 1.96. The largest absolute Gasteiger partial charge is 0.480 e. The van der Waals surface area contributed by atoms with Crippen molar-refractivity contribution in [2.75, 3.05) is 0 Å². The minimum Gasteiger partial charge on any atom is -0.480 e. The average Bonchev–Trinajstić information content (AvgIpc) is 2.34. The quantitative estimate of drug-likeness (QED) is 0.570. The third-order valence-electron chi connectivity index (χ3n) is 1.31. The highest BCUT2D eigenvalue weighted by Crippen LogP contribution is 2.08. The van der Waals surface area contributed by atoms with Crippen molar-refractivity contribution >= 4 is 5.52 Å². The molecular formula is C6H5N3O. The van der Waals surface area contributed by atoms with Crippen LogP contribution in [0.25, 0.3) is 5.52 Å². The Morgan fingerprint density at radius 1 is 1.40 bits per heavy atom. The summed E-state index contributed by atoms with van der Waals surface area (Å²) in [6.45, 7) is 0. The molecule has 4 heteroatoms. The van der Waals surface area contributed by atoms with E-state index in [-0.39, 0.29) is 6.01 Å². The summed E-state index contributed by atoms with van der Waals surface area (Å²) in [7, 11) is 0. The summed E-state index contributed by atoms with van der Waals surface area (Å²) >= 11 is 0. The molecule has 2 aromatic heterocycles. The molecule has 0 fully saturated rings. The molecule has 0 saturated heterocycles. The molecule has 0 aromatic carbocycles. The van der Waals surface area contributed by atoms with E-state index >= 15 is 0 Å². The minimum absolute atomic E-state index is 0.00241. The summed E-state index contributed by atoms with van der Waals surface area (Å²) in [6, 6.07) is -0.00241. The van der Waals surface area contributed by atoms with Crippen LogP contribution in [0.3, 0.4) is 0 Å². The van der Waals surface area contributed by atoms with Crippen molar-refractivity contribution in [1.82, 2.24) is 14.4 Å². The molecule has 0 aliphatic heterocycles. The molecule has 4 nitrogen and oxygen atoms in total. The molecular weight excluding hydrogens is 130 g/mol. The molecule has 2 aromatic rings. The molecule has 0 amide bonds. The number of hydrogen-bond donors (Lipinski definition) is 1. The zero-order chi connectivity index (χ0) is 6.97. The Bertz CT molecular complexity index is 355. The predicted octanol–water partition coefficient (Wildman–Crippen LogP) is 0.435. The lowest BCUT2D eigenvalue weighted by Gasteiger charge is -1.89. The van der Waals surface area contributed by atoms with E-state index < -0.39 is 0 Å².